The molecule has 13 heavy (non-hydrogen) atoms. The van der Waals surface area contributed by atoms with Gasteiger partial charge in [-0.2, -0.15) is 0 Å². The molecular formula is C10H10Cl2O. The van der Waals surface area contributed by atoms with E-state index in [9.17, 15) is 0 Å². The molecule has 2 rings (SSSR count). The van der Waals surface area contributed by atoms with Crippen LogP contribution in [0.25, 0.3) is 0 Å². The molecule has 1 nitrogen and oxygen atoms in total. The zero-order chi connectivity index (χ0) is 9.42. The summed E-state index contributed by atoms with van der Waals surface area (Å²) in [5, 5.41) is 1.52. The number of hydrogen-bond acceptors (Lipinski definition) is 1. The summed E-state index contributed by atoms with van der Waals surface area (Å²) in [6.45, 7) is 3.50. The van der Waals surface area contributed by atoms with E-state index >= 15 is 0 Å². The standard InChI is InChI=1S/C10H10Cl2O/c1-6-9(11)3-2-8(10(6)12)7-4-13-5-7/h2-3,7H,4-5H2,1H3. The third-order valence-electron chi connectivity index (χ3n) is 2.43. The highest BCUT2D eigenvalue weighted by atomic mass is 35.5. The van der Waals surface area contributed by atoms with Crippen LogP contribution >= 0.6 is 23.2 Å². The Morgan fingerprint density at radius 3 is 2.54 bits per heavy atom. The van der Waals surface area contributed by atoms with Gasteiger partial charge in [0.05, 0.1) is 13.2 Å². The highest BCUT2D eigenvalue weighted by molar-refractivity contribution is 6.36. The second kappa shape index (κ2) is 3.49. The third kappa shape index (κ3) is 1.56. The molecule has 1 aromatic carbocycles. The summed E-state index contributed by atoms with van der Waals surface area (Å²) >= 11 is 12.1. The molecule has 0 amide bonds. The molecule has 1 aliphatic rings. The first-order valence-electron chi connectivity index (χ1n) is 4.22. The summed E-state index contributed by atoms with van der Waals surface area (Å²) < 4.78 is 5.12. The number of hydrogen-bond donors (Lipinski definition) is 0. The number of rotatable bonds is 1. The largest absolute Gasteiger partial charge is 0.380 e. The van der Waals surface area contributed by atoms with Crippen LogP contribution in [0.1, 0.15) is 17.0 Å². The van der Waals surface area contributed by atoms with Crippen LogP contribution in [0.4, 0.5) is 0 Å². The minimum absolute atomic E-state index is 0.462. The Kier molecular flexibility index (Phi) is 2.50. The maximum atomic E-state index is 6.17. The van der Waals surface area contributed by atoms with Gasteiger partial charge in [0.25, 0.3) is 0 Å². The lowest BCUT2D eigenvalue weighted by Gasteiger charge is -2.27. The zero-order valence-electron chi connectivity index (χ0n) is 7.31. The lowest BCUT2D eigenvalue weighted by Crippen LogP contribution is -2.25. The summed E-state index contributed by atoms with van der Waals surface area (Å²) in [6.07, 6.45) is 0. The van der Waals surface area contributed by atoms with Gasteiger partial charge in [0, 0.05) is 16.0 Å². The molecule has 0 atom stereocenters. The molecule has 0 aromatic heterocycles. The molecule has 1 aromatic rings. The van der Waals surface area contributed by atoms with Gasteiger partial charge < -0.3 is 4.74 Å². The molecule has 1 heterocycles. The van der Waals surface area contributed by atoms with Gasteiger partial charge in [0.1, 0.15) is 0 Å². The van der Waals surface area contributed by atoms with Crippen LogP contribution in [-0.4, -0.2) is 13.2 Å². The fraction of sp³-hybridized carbons (Fsp3) is 0.400. The smallest absolute Gasteiger partial charge is 0.0557 e. The topological polar surface area (TPSA) is 9.23 Å². The number of benzene rings is 1. The predicted molar refractivity (Wildman–Crippen MR) is 54.8 cm³/mol. The van der Waals surface area contributed by atoms with Crippen LogP contribution in [-0.2, 0) is 4.74 Å². The van der Waals surface area contributed by atoms with Crippen LogP contribution in [0.15, 0.2) is 12.1 Å². The van der Waals surface area contributed by atoms with Crippen molar-refractivity contribution in [2.45, 2.75) is 12.8 Å². The summed E-state index contributed by atoms with van der Waals surface area (Å²) in [6, 6.07) is 3.89. The normalized spacial score (nSPS) is 17.2. The second-order valence-electron chi connectivity index (χ2n) is 3.31. The highest BCUT2D eigenvalue weighted by Gasteiger charge is 2.23. The first kappa shape index (κ1) is 9.32. The van der Waals surface area contributed by atoms with Crippen LogP contribution in [0.3, 0.4) is 0 Å². The van der Waals surface area contributed by atoms with Gasteiger partial charge >= 0.3 is 0 Å². The van der Waals surface area contributed by atoms with E-state index in [0.29, 0.717) is 5.92 Å². The van der Waals surface area contributed by atoms with Crippen molar-refractivity contribution in [3.8, 4) is 0 Å². The van der Waals surface area contributed by atoms with E-state index in [-0.39, 0.29) is 0 Å². The monoisotopic (exact) mass is 216 g/mol. The Hall–Kier alpha value is -0.240. The minimum Gasteiger partial charge on any atom is -0.380 e. The average Bonchev–Trinajstić information content (AvgIpc) is 2.03. The van der Waals surface area contributed by atoms with Crippen molar-refractivity contribution in [1.82, 2.24) is 0 Å². The summed E-state index contributed by atoms with van der Waals surface area (Å²) in [5.74, 6) is 0.462. The molecule has 1 fully saturated rings. The van der Waals surface area contributed by atoms with Crippen molar-refractivity contribution in [3.63, 3.8) is 0 Å². The van der Waals surface area contributed by atoms with Crippen molar-refractivity contribution in [3.05, 3.63) is 33.3 Å². The molecule has 0 N–H and O–H groups in total. The quantitative estimate of drug-likeness (QED) is 0.700. The van der Waals surface area contributed by atoms with Gasteiger partial charge in [-0.25, -0.2) is 0 Å². The van der Waals surface area contributed by atoms with Crippen LogP contribution < -0.4 is 0 Å². The van der Waals surface area contributed by atoms with E-state index in [4.69, 9.17) is 27.9 Å². The molecule has 1 saturated heterocycles. The van der Waals surface area contributed by atoms with Crippen LogP contribution in [0.5, 0.6) is 0 Å². The molecule has 0 radical (unpaired) electrons. The Balaban J connectivity index is 2.41. The maximum Gasteiger partial charge on any atom is 0.0557 e. The number of ether oxygens (including phenoxy) is 1. The third-order valence-corrected chi connectivity index (χ3v) is 3.34. The molecule has 70 valence electrons. The van der Waals surface area contributed by atoms with Crippen LogP contribution in [0.2, 0.25) is 10.0 Å². The highest BCUT2D eigenvalue weighted by Crippen LogP contribution is 2.34. The van der Waals surface area contributed by atoms with E-state index < -0.39 is 0 Å². The minimum atomic E-state index is 0.462. The molecule has 1 aliphatic heterocycles. The molecule has 0 unspecified atom stereocenters. The van der Waals surface area contributed by atoms with Crippen LogP contribution in [0, 0.1) is 6.92 Å². The van der Waals surface area contributed by atoms with Crippen molar-refractivity contribution in [1.29, 1.82) is 0 Å². The Morgan fingerprint density at radius 2 is 2.00 bits per heavy atom. The molecule has 0 spiro atoms. The molecule has 0 aliphatic carbocycles. The predicted octanol–water partition coefficient (Wildman–Crippen LogP) is 3.42. The summed E-state index contributed by atoms with van der Waals surface area (Å²) in [4.78, 5) is 0. The Labute approximate surface area is 87.6 Å². The fourth-order valence-electron chi connectivity index (χ4n) is 1.41. The van der Waals surface area contributed by atoms with E-state index in [1.54, 1.807) is 0 Å². The van der Waals surface area contributed by atoms with E-state index in [1.807, 2.05) is 19.1 Å². The van der Waals surface area contributed by atoms with Gasteiger partial charge in [0.15, 0.2) is 0 Å². The van der Waals surface area contributed by atoms with Gasteiger partial charge in [-0.3, -0.25) is 0 Å². The SMILES string of the molecule is Cc1c(Cl)ccc(C2COC2)c1Cl. The summed E-state index contributed by atoms with van der Waals surface area (Å²) in [5.41, 5.74) is 2.13. The van der Waals surface area contributed by atoms with Crippen molar-refractivity contribution in [2.24, 2.45) is 0 Å². The van der Waals surface area contributed by atoms with Gasteiger partial charge in [0.2, 0.25) is 0 Å². The molecule has 0 bridgehead atoms. The first-order valence-corrected chi connectivity index (χ1v) is 4.98. The van der Waals surface area contributed by atoms with Gasteiger partial charge in [-0.05, 0) is 24.1 Å². The van der Waals surface area contributed by atoms with Crippen molar-refractivity contribution in [2.75, 3.05) is 13.2 Å². The zero-order valence-corrected chi connectivity index (χ0v) is 8.82. The van der Waals surface area contributed by atoms with Gasteiger partial charge in [-0.1, -0.05) is 29.3 Å². The van der Waals surface area contributed by atoms with E-state index in [2.05, 4.69) is 0 Å². The molecule has 3 heteroatoms. The lowest BCUT2D eigenvalue weighted by atomic mass is 9.96. The van der Waals surface area contributed by atoms with E-state index in [1.165, 1.54) is 0 Å². The van der Waals surface area contributed by atoms with Crippen molar-refractivity contribution < 1.29 is 4.74 Å². The maximum absolute atomic E-state index is 6.17. The van der Waals surface area contributed by atoms with Gasteiger partial charge in [-0.15, -0.1) is 0 Å². The van der Waals surface area contributed by atoms with Crippen molar-refractivity contribution >= 4 is 23.2 Å². The Morgan fingerprint density at radius 1 is 1.31 bits per heavy atom. The average molecular weight is 217 g/mol. The molecular weight excluding hydrogens is 207 g/mol. The number of halogens is 2. The Bertz CT molecular complexity index is 332. The molecule has 0 saturated carbocycles. The first-order chi connectivity index (χ1) is 6.20. The summed E-state index contributed by atoms with van der Waals surface area (Å²) in [7, 11) is 0. The second-order valence-corrected chi connectivity index (χ2v) is 4.10. The lowest BCUT2D eigenvalue weighted by molar-refractivity contribution is 0.00844. The van der Waals surface area contributed by atoms with E-state index in [0.717, 1.165) is 34.4 Å². The fourth-order valence-corrected chi connectivity index (χ4v) is 1.94.